The van der Waals surface area contributed by atoms with Crippen LogP contribution in [0, 0.1) is 11.3 Å². The smallest absolute Gasteiger partial charge is 0.407 e. The SMILES string of the molecule is C[C@@H]1CC2(CC[C@H]1NC(=O)OC(C)(C)C)CC2. The molecule has 2 atom stereocenters. The van der Waals surface area contributed by atoms with Gasteiger partial charge in [0.25, 0.3) is 0 Å². The van der Waals surface area contributed by atoms with E-state index < -0.39 is 5.60 Å². The summed E-state index contributed by atoms with van der Waals surface area (Å²) < 4.78 is 5.31. The van der Waals surface area contributed by atoms with Crippen LogP contribution in [0.15, 0.2) is 0 Å². The largest absolute Gasteiger partial charge is 0.444 e. The first kappa shape index (κ1) is 12.7. The summed E-state index contributed by atoms with van der Waals surface area (Å²) in [6.07, 6.45) is 6.19. The fourth-order valence-electron chi connectivity index (χ4n) is 2.98. The van der Waals surface area contributed by atoms with Crippen molar-refractivity contribution < 1.29 is 9.53 Å². The second-order valence-corrected chi connectivity index (χ2v) is 6.97. The maximum Gasteiger partial charge on any atom is 0.407 e. The standard InChI is InChI=1S/C14H25NO2/c1-10-9-14(7-8-14)6-5-11(10)15-12(16)17-13(2,3)4/h10-11H,5-9H2,1-4H3,(H,15,16)/t10-,11-/m1/s1. The molecule has 0 radical (unpaired) electrons. The van der Waals surface area contributed by atoms with Crippen LogP contribution >= 0.6 is 0 Å². The van der Waals surface area contributed by atoms with E-state index in [0.717, 1.165) is 6.42 Å². The molecule has 0 unspecified atom stereocenters. The summed E-state index contributed by atoms with van der Waals surface area (Å²) >= 11 is 0. The molecule has 3 heteroatoms. The van der Waals surface area contributed by atoms with Gasteiger partial charge in [0, 0.05) is 6.04 Å². The molecule has 1 amide bonds. The van der Waals surface area contributed by atoms with Crippen LogP contribution in [0.5, 0.6) is 0 Å². The van der Waals surface area contributed by atoms with E-state index in [0.29, 0.717) is 17.4 Å². The Labute approximate surface area is 104 Å². The van der Waals surface area contributed by atoms with Crippen molar-refractivity contribution in [3.63, 3.8) is 0 Å². The van der Waals surface area contributed by atoms with Crippen LogP contribution in [0.1, 0.15) is 59.8 Å². The first-order valence-electron chi connectivity index (χ1n) is 6.79. The molecule has 1 spiro atoms. The van der Waals surface area contributed by atoms with E-state index in [1.54, 1.807) is 0 Å². The zero-order valence-corrected chi connectivity index (χ0v) is 11.5. The summed E-state index contributed by atoms with van der Waals surface area (Å²) in [4.78, 5) is 11.7. The molecule has 2 rings (SSSR count). The van der Waals surface area contributed by atoms with Crippen LogP contribution in [0.25, 0.3) is 0 Å². The molecule has 1 N–H and O–H groups in total. The van der Waals surface area contributed by atoms with Crippen molar-refractivity contribution in [2.24, 2.45) is 11.3 Å². The molecule has 17 heavy (non-hydrogen) atoms. The highest BCUT2D eigenvalue weighted by atomic mass is 16.6. The van der Waals surface area contributed by atoms with Gasteiger partial charge in [0.1, 0.15) is 5.60 Å². The second kappa shape index (κ2) is 4.18. The van der Waals surface area contributed by atoms with E-state index in [-0.39, 0.29) is 6.09 Å². The summed E-state index contributed by atoms with van der Waals surface area (Å²) in [7, 11) is 0. The Hall–Kier alpha value is -0.730. The van der Waals surface area contributed by atoms with Crippen molar-refractivity contribution >= 4 is 6.09 Å². The Bertz CT molecular complexity index is 302. The van der Waals surface area contributed by atoms with Crippen molar-refractivity contribution in [1.82, 2.24) is 5.32 Å². The third-order valence-electron chi connectivity index (χ3n) is 4.09. The topological polar surface area (TPSA) is 38.3 Å². The number of hydrogen-bond acceptors (Lipinski definition) is 2. The van der Waals surface area contributed by atoms with E-state index in [1.807, 2.05) is 20.8 Å². The molecule has 0 aromatic carbocycles. The molecular formula is C14H25NO2. The third-order valence-corrected chi connectivity index (χ3v) is 4.09. The van der Waals surface area contributed by atoms with Crippen LogP contribution in [0.4, 0.5) is 4.79 Å². The molecule has 0 heterocycles. The molecule has 98 valence electrons. The fraction of sp³-hybridized carbons (Fsp3) is 0.929. The zero-order valence-electron chi connectivity index (χ0n) is 11.5. The molecular weight excluding hydrogens is 214 g/mol. The van der Waals surface area contributed by atoms with Gasteiger partial charge < -0.3 is 10.1 Å². The maximum absolute atomic E-state index is 11.7. The maximum atomic E-state index is 11.7. The average molecular weight is 239 g/mol. The zero-order chi connectivity index (χ0) is 12.7. The predicted molar refractivity (Wildman–Crippen MR) is 67.8 cm³/mol. The number of carbonyl (C=O) groups excluding carboxylic acids is 1. The first-order chi connectivity index (χ1) is 7.80. The minimum Gasteiger partial charge on any atom is -0.444 e. The number of rotatable bonds is 1. The molecule has 3 nitrogen and oxygen atoms in total. The Morgan fingerprint density at radius 1 is 1.29 bits per heavy atom. The Morgan fingerprint density at radius 3 is 2.41 bits per heavy atom. The van der Waals surface area contributed by atoms with E-state index in [4.69, 9.17) is 4.74 Å². The van der Waals surface area contributed by atoms with Crippen molar-refractivity contribution in [2.75, 3.05) is 0 Å². The average Bonchev–Trinajstić information content (AvgIpc) is 2.88. The lowest BCUT2D eigenvalue weighted by Gasteiger charge is -2.35. The number of alkyl carbamates (subject to hydrolysis) is 1. The molecule has 2 fully saturated rings. The number of nitrogens with one attached hydrogen (secondary N) is 1. The van der Waals surface area contributed by atoms with Crippen molar-refractivity contribution in [3.8, 4) is 0 Å². The molecule has 0 aliphatic heterocycles. The van der Waals surface area contributed by atoms with Crippen LogP contribution < -0.4 is 5.32 Å². The molecule has 2 aliphatic rings. The molecule has 0 aromatic heterocycles. The van der Waals surface area contributed by atoms with Gasteiger partial charge in [0.05, 0.1) is 0 Å². The van der Waals surface area contributed by atoms with Crippen LogP contribution in [0.2, 0.25) is 0 Å². The summed E-state index contributed by atoms with van der Waals surface area (Å²) in [5.74, 6) is 0.582. The lowest BCUT2D eigenvalue weighted by Crippen LogP contribution is -2.45. The monoisotopic (exact) mass is 239 g/mol. The van der Waals surface area contributed by atoms with Crippen molar-refractivity contribution in [3.05, 3.63) is 0 Å². The first-order valence-corrected chi connectivity index (χ1v) is 6.79. The lowest BCUT2D eigenvalue weighted by atomic mass is 9.77. The molecule has 0 bridgehead atoms. The van der Waals surface area contributed by atoms with Gasteiger partial charge in [-0.2, -0.15) is 0 Å². The van der Waals surface area contributed by atoms with Crippen molar-refractivity contribution in [2.45, 2.75) is 71.4 Å². The Kier molecular flexibility index (Phi) is 3.13. The van der Waals surface area contributed by atoms with Gasteiger partial charge in [0.15, 0.2) is 0 Å². The summed E-state index contributed by atoms with van der Waals surface area (Å²) in [5, 5.41) is 3.03. The molecule has 0 aromatic rings. The number of hydrogen-bond donors (Lipinski definition) is 1. The summed E-state index contributed by atoms with van der Waals surface area (Å²) in [6.45, 7) is 7.95. The quantitative estimate of drug-likeness (QED) is 0.760. The van der Waals surface area contributed by atoms with Gasteiger partial charge in [0.2, 0.25) is 0 Å². The van der Waals surface area contributed by atoms with Gasteiger partial charge in [-0.25, -0.2) is 4.79 Å². The van der Waals surface area contributed by atoms with Gasteiger partial charge in [-0.05, 0) is 64.2 Å². The highest BCUT2D eigenvalue weighted by Gasteiger charge is 2.47. The van der Waals surface area contributed by atoms with Crippen LogP contribution in [0.3, 0.4) is 0 Å². The van der Waals surface area contributed by atoms with Gasteiger partial charge in [-0.15, -0.1) is 0 Å². The second-order valence-electron chi connectivity index (χ2n) is 6.97. The van der Waals surface area contributed by atoms with Gasteiger partial charge in [-0.3, -0.25) is 0 Å². The van der Waals surface area contributed by atoms with Gasteiger partial charge >= 0.3 is 6.09 Å². The predicted octanol–water partition coefficient (Wildman–Crippen LogP) is 3.48. The summed E-state index contributed by atoms with van der Waals surface area (Å²) in [5.41, 5.74) is 0.255. The van der Waals surface area contributed by atoms with E-state index >= 15 is 0 Å². The minimum absolute atomic E-state index is 0.263. The fourth-order valence-corrected chi connectivity index (χ4v) is 2.98. The van der Waals surface area contributed by atoms with Crippen LogP contribution in [-0.4, -0.2) is 17.7 Å². The van der Waals surface area contributed by atoms with E-state index in [2.05, 4.69) is 12.2 Å². The minimum atomic E-state index is -0.403. The number of ether oxygens (including phenoxy) is 1. The molecule has 2 saturated carbocycles. The van der Waals surface area contributed by atoms with E-state index in [9.17, 15) is 4.79 Å². The third kappa shape index (κ3) is 3.36. The Morgan fingerprint density at radius 2 is 1.94 bits per heavy atom. The number of carbonyl (C=O) groups is 1. The van der Waals surface area contributed by atoms with Crippen LogP contribution in [-0.2, 0) is 4.74 Å². The highest BCUT2D eigenvalue weighted by Crippen LogP contribution is 2.57. The number of amides is 1. The van der Waals surface area contributed by atoms with Crippen molar-refractivity contribution in [1.29, 1.82) is 0 Å². The lowest BCUT2D eigenvalue weighted by molar-refractivity contribution is 0.0456. The highest BCUT2D eigenvalue weighted by molar-refractivity contribution is 5.68. The molecule has 2 aliphatic carbocycles. The molecule has 0 saturated heterocycles. The van der Waals surface area contributed by atoms with E-state index in [1.165, 1.54) is 25.7 Å². The Balaban J connectivity index is 1.81. The summed E-state index contributed by atoms with van der Waals surface area (Å²) in [6, 6.07) is 0.302. The van der Waals surface area contributed by atoms with Gasteiger partial charge in [-0.1, -0.05) is 6.92 Å². The normalized spacial score (nSPS) is 31.1.